The van der Waals surface area contributed by atoms with Crippen molar-refractivity contribution >= 4 is 17.8 Å². The number of esters is 1. The van der Waals surface area contributed by atoms with E-state index in [4.69, 9.17) is 11.2 Å². The van der Waals surface area contributed by atoms with Crippen molar-refractivity contribution < 1.29 is 19.1 Å². The second kappa shape index (κ2) is 14.0. The van der Waals surface area contributed by atoms with Crippen molar-refractivity contribution in [2.45, 2.75) is 52.4 Å². The van der Waals surface area contributed by atoms with Crippen LogP contribution in [0.3, 0.4) is 0 Å². The summed E-state index contributed by atoms with van der Waals surface area (Å²) in [5.41, 5.74) is 0. The monoisotopic (exact) mass is 393 g/mol. The summed E-state index contributed by atoms with van der Waals surface area (Å²) >= 11 is 0. The minimum absolute atomic E-state index is 0.00531. The summed E-state index contributed by atoms with van der Waals surface area (Å²) in [7, 11) is 0. The lowest BCUT2D eigenvalue weighted by Crippen LogP contribution is -2.44. The van der Waals surface area contributed by atoms with Crippen LogP contribution >= 0.6 is 0 Å². The molecule has 7 heteroatoms. The standard InChI is InChI=1S/C21H35N3O4/c1-4-7-8-9-19(25)22-12-15-24(20(26)5-2)17-16-23-13-10-18(11-14-23)21(27)28-6-3/h1,18H,5-17H2,2-3H3,(H,22,25). The average Bonchev–Trinajstić information content (AvgIpc) is 2.70. The number of nitrogens with zero attached hydrogens (tertiary/aromatic N) is 2. The van der Waals surface area contributed by atoms with Crippen LogP contribution in [-0.4, -0.2) is 73.5 Å². The molecule has 7 nitrogen and oxygen atoms in total. The Balaban J connectivity index is 2.32. The van der Waals surface area contributed by atoms with E-state index < -0.39 is 0 Å². The third-order valence-corrected chi connectivity index (χ3v) is 4.98. The Labute approximate surface area is 169 Å². The van der Waals surface area contributed by atoms with Gasteiger partial charge in [0, 0.05) is 45.4 Å². The van der Waals surface area contributed by atoms with Crippen molar-refractivity contribution in [2.24, 2.45) is 5.92 Å². The van der Waals surface area contributed by atoms with Crippen LogP contribution < -0.4 is 5.32 Å². The SMILES string of the molecule is C#CCCCC(=O)NCCN(CCN1CCC(C(=O)OCC)CC1)C(=O)CC. The molecule has 2 amide bonds. The van der Waals surface area contributed by atoms with E-state index in [1.807, 2.05) is 13.8 Å². The van der Waals surface area contributed by atoms with Crippen LogP contribution in [0.15, 0.2) is 0 Å². The Morgan fingerprint density at radius 2 is 1.93 bits per heavy atom. The molecule has 28 heavy (non-hydrogen) atoms. The highest BCUT2D eigenvalue weighted by Crippen LogP contribution is 2.18. The van der Waals surface area contributed by atoms with E-state index in [2.05, 4.69) is 16.1 Å². The van der Waals surface area contributed by atoms with Crippen LogP contribution in [-0.2, 0) is 19.1 Å². The molecule has 0 aromatic carbocycles. The molecule has 158 valence electrons. The minimum Gasteiger partial charge on any atom is -0.466 e. The van der Waals surface area contributed by atoms with Crippen LogP contribution in [0.2, 0.25) is 0 Å². The van der Waals surface area contributed by atoms with Crippen molar-refractivity contribution in [3.8, 4) is 12.3 Å². The summed E-state index contributed by atoms with van der Waals surface area (Å²) in [6, 6.07) is 0. The van der Waals surface area contributed by atoms with Crippen LogP contribution in [0, 0.1) is 18.3 Å². The van der Waals surface area contributed by atoms with Crippen LogP contribution in [0.4, 0.5) is 0 Å². The van der Waals surface area contributed by atoms with Gasteiger partial charge in [-0.3, -0.25) is 14.4 Å². The summed E-state index contributed by atoms with van der Waals surface area (Å²) in [5.74, 6) is 2.48. The van der Waals surface area contributed by atoms with Gasteiger partial charge in [0.25, 0.3) is 0 Å². The first-order chi connectivity index (χ1) is 13.5. The topological polar surface area (TPSA) is 79.0 Å². The molecule has 0 aromatic rings. The minimum atomic E-state index is -0.0945. The number of hydrogen-bond acceptors (Lipinski definition) is 5. The number of rotatable bonds is 12. The second-order valence-corrected chi connectivity index (χ2v) is 7.01. The smallest absolute Gasteiger partial charge is 0.309 e. The second-order valence-electron chi connectivity index (χ2n) is 7.01. The van der Waals surface area contributed by atoms with Gasteiger partial charge in [0.15, 0.2) is 0 Å². The molecule has 0 spiro atoms. The van der Waals surface area contributed by atoms with Crippen molar-refractivity contribution in [3.05, 3.63) is 0 Å². The number of carbonyl (C=O) groups is 3. The van der Waals surface area contributed by atoms with E-state index in [9.17, 15) is 14.4 Å². The molecule has 1 rings (SSSR count). The lowest BCUT2D eigenvalue weighted by atomic mass is 9.97. The summed E-state index contributed by atoms with van der Waals surface area (Å²) in [6.07, 6.45) is 8.92. The number of nitrogens with one attached hydrogen (secondary N) is 1. The van der Waals surface area contributed by atoms with Gasteiger partial charge < -0.3 is 19.9 Å². The first-order valence-electron chi connectivity index (χ1n) is 10.4. The molecule has 1 fully saturated rings. The normalized spacial score (nSPS) is 14.9. The quantitative estimate of drug-likeness (QED) is 0.308. The number of unbranched alkanes of at least 4 members (excludes halogenated alkanes) is 1. The summed E-state index contributed by atoms with van der Waals surface area (Å²) in [6.45, 7) is 8.13. The highest BCUT2D eigenvalue weighted by Gasteiger charge is 2.26. The fourth-order valence-electron chi connectivity index (χ4n) is 3.27. The highest BCUT2D eigenvalue weighted by molar-refractivity contribution is 5.77. The van der Waals surface area contributed by atoms with Crippen LogP contribution in [0.5, 0.6) is 0 Å². The molecular formula is C21H35N3O4. The van der Waals surface area contributed by atoms with E-state index >= 15 is 0 Å². The lowest BCUT2D eigenvalue weighted by Gasteiger charge is -2.32. The molecule has 0 aliphatic carbocycles. The number of hydrogen-bond donors (Lipinski definition) is 1. The van der Waals surface area contributed by atoms with Crippen molar-refractivity contribution in [1.82, 2.24) is 15.1 Å². The molecule has 1 N–H and O–H groups in total. The maximum Gasteiger partial charge on any atom is 0.309 e. The zero-order valence-electron chi connectivity index (χ0n) is 17.4. The number of amides is 2. The molecular weight excluding hydrogens is 358 g/mol. The molecule has 1 aliphatic heterocycles. The number of terminal acetylenes is 1. The Morgan fingerprint density at radius 3 is 2.54 bits per heavy atom. The van der Waals surface area contributed by atoms with Crippen molar-refractivity contribution in [3.63, 3.8) is 0 Å². The summed E-state index contributed by atoms with van der Waals surface area (Å²) in [5, 5.41) is 2.85. The summed E-state index contributed by atoms with van der Waals surface area (Å²) in [4.78, 5) is 39.8. The predicted octanol–water partition coefficient (Wildman–Crippen LogP) is 1.42. The number of carbonyl (C=O) groups excluding carboxylic acids is 3. The molecule has 0 saturated carbocycles. The van der Waals surface area contributed by atoms with Gasteiger partial charge in [-0.15, -0.1) is 12.3 Å². The number of piperidine rings is 1. The fourth-order valence-corrected chi connectivity index (χ4v) is 3.27. The lowest BCUT2D eigenvalue weighted by molar-refractivity contribution is -0.149. The van der Waals surface area contributed by atoms with Crippen LogP contribution in [0.25, 0.3) is 0 Å². The van der Waals surface area contributed by atoms with Gasteiger partial charge >= 0.3 is 5.97 Å². The van der Waals surface area contributed by atoms with E-state index in [1.54, 1.807) is 4.90 Å². The summed E-state index contributed by atoms with van der Waals surface area (Å²) < 4.78 is 5.10. The Kier molecular flexibility index (Phi) is 12.0. The van der Waals surface area contributed by atoms with E-state index in [-0.39, 0.29) is 23.7 Å². The molecule has 0 aromatic heterocycles. The van der Waals surface area contributed by atoms with Gasteiger partial charge in [-0.2, -0.15) is 0 Å². The first kappa shape index (κ1) is 24.0. The Hall–Kier alpha value is -2.07. The van der Waals surface area contributed by atoms with Gasteiger partial charge in [-0.05, 0) is 39.3 Å². The van der Waals surface area contributed by atoms with Crippen LogP contribution in [0.1, 0.15) is 52.4 Å². The molecule has 0 atom stereocenters. The molecule has 0 bridgehead atoms. The zero-order chi connectivity index (χ0) is 20.8. The van der Waals surface area contributed by atoms with Crippen molar-refractivity contribution in [2.75, 3.05) is 45.9 Å². The van der Waals surface area contributed by atoms with Gasteiger partial charge in [0.2, 0.25) is 11.8 Å². The third kappa shape index (κ3) is 9.23. The fraction of sp³-hybridized carbons (Fsp3) is 0.762. The Morgan fingerprint density at radius 1 is 1.21 bits per heavy atom. The highest BCUT2D eigenvalue weighted by atomic mass is 16.5. The van der Waals surface area contributed by atoms with E-state index in [0.717, 1.165) is 32.5 Å². The molecule has 0 unspecified atom stereocenters. The average molecular weight is 394 g/mol. The predicted molar refractivity (Wildman–Crippen MR) is 108 cm³/mol. The third-order valence-electron chi connectivity index (χ3n) is 4.98. The maximum atomic E-state index is 12.2. The Bertz CT molecular complexity index is 536. The maximum absolute atomic E-state index is 12.2. The molecule has 0 radical (unpaired) electrons. The van der Waals surface area contributed by atoms with Gasteiger partial charge in [-0.1, -0.05) is 6.92 Å². The van der Waals surface area contributed by atoms with E-state index in [1.165, 1.54) is 0 Å². The zero-order valence-corrected chi connectivity index (χ0v) is 17.4. The first-order valence-corrected chi connectivity index (χ1v) is 10.4. The van der Waals surface area contributed by atoms with Gasteiger partial charge in [-0.25, -0.2) is 0 Å². The number of likely N-dealkylation sites (tertiary alicyclic amines) is 1. The number of ether oxygens (including phenoxy) is 1. The largest absolute Gasteiger partial charge is 0.466 e. The van der Waals surface area contributed by atoms with E-state index in [0.29, 0.717) is 51.9 Å². The molecule has 1 aliphatic rings. The molecule has 1 saturated heterocycles. The molecule has 1 heterocycles. The van der Waals surface area contributed by atoms with Gasteiger partial charge in [0.05, 0.1) is 12.5 Å². The van der Waals surface area contributed by atoms with Gasteiger partial charge in [0.1, 0.15) is 0 Å². The van der Waals surface area contributed by atoms with Crippen molar-refractivity contribution in [1.29, 1.82) is 0 Å².